The Balaban J connectivity index is 1.64. The highest BCUT2D eigenvalue weighted by Crippen LogP contribution is 2.52. The third-order valence-electron chi connectivity index (χ3n) is 4.52. The molecular formula is C14H20O3. The maximum Gasteiger partial charge on any atom is 0.314 e. The monoisotopic (exact) mass is 236 g/mol. The van der Waals surface area contributed by atoms with Crippen molar-refractivity contribution in [2.24, 2.45) is 17.3 Å². The molecule has 0 aromatic heterocycles. The van der Waals surface area contributed by atoms with Crippen molar-refractivity contribution in [2.75, 3.05) is 6.61 Å². The summed E-state index contributed by atoms with van der Waals surface area (Å²) in [6.07, 6.45) is 9.24. The smallest absolute Gasteiger partial charge is 0.314 e. The lowest BCUT2D eigenvalue weighted by molar-refractivity contribution is -0.198. The molecule has 3 rings (SSSR count). The topological polar surface area (TPSA) is 35.5 Å². The molecule has 0 aromatic carbocycles. The summed E-state index contributed by atoms with van der Waals surface area (Å²) in [5, 5.41) is 0. The summed E-state index contributed by atoms with van der Waals surface area (Å²) in [7, 11) is 0. The zero-order valence-corrected chi connectivity index (χ0v) is 10.4. The number of ether oxygens (including phenoxy) is 2. The lowest BCUT2D eigenvalue weighted by Crippen LogP contribution is -2.37. The molecule has 3 heteroatoms. The number of carbonyl (C=O) groups is 1. The van der Waals surface area contributed by atoms with Gasteiger partial charge in [-0.15, -0.1) is 0 Å². The summed E-state index contributed by atoms with van der Waals surface area (Å²) in [5.41, 5.74) is -0.305. The molecule has 3 aliphatic rings. The Labute approximate surface area is 102 Å². The average Bonchev–Trinajstić information content (AvgIpc) is 2.90. The molecule has 4 atom stereocenters. The van der Waals surface area contributed by atoms with Gasteiger partial charge in [0.2, 0.25) is 6.29 Å². The molecule has 1 saturated carbocycles. The third-order valence-corrected chi connectivity index (χ3v) is 4.52. The predicted molar refractivity (Wildman–Crippen MR) is 63.1 cm³/mol. The fourth-order valence-corrected chi connectivity index (χ4v) is 3.39. The van der Waals surface area contributed by atoms with Crippen LogP contribution in [0.1, 0.15) is 39.0 Å². The van der Waals surface area contributed by atoms with Gasteiger partial charge in [-0.05, 0) is 44.4 Å². The van der Waals surface area contributed by atoms with Gasteiger partial charge in [0.05, 0.1) is 12.0 Å². The maximum atomic E-state index is 12.3. The second-order valence-electron chi connectivity index (χ2n) is 5.81. The van der Waals surface area contributed by atoms with Crippen molar-refractivity contribution in [1.82, 2.24) is 0 Å². The first-order valence-electron chi connectivity index (χ1n) is 6.69. The zero-order valence-electron chi connectivity index (χ0n) is 10.4. The molecule has 17 heavy (non-hydrogen) atoms. The minimum Gasteiger partial charge on any atom is -0.435 e. The molecule has 0 spiro atoms. The highest BCUT2D eigenvalue weighted by atomic mass is 16.7. The van der Waals surface area contributed by atoms with Gasteiger partial charge in [0, 0.05) is 6.42 Å². The van der Waals surface area contributed by atoms with Crippen LogP contribution in [0.15, 0.2) is 12.2 Å². The highest BCUT2D eigenvalue weighted by Gasteiger charge is 2.51. The van der Waals surface area contributed by atoms with Crippen LogP contribution in [0, 0.1) is 17.3 Å². The van der Waals surface area contributed by atoms with Crippen LogP contribution < -0.4 is 0 Å². The Morgan fingerprint density at radius 3 is 2.88 bits per heavy atom. The van der Waals surface area contributed by atoms with E-state index in [4.69, 9.17) is 9.47 Å². The lowest BCUT2D eigenvalue weighted by atomic mass is 9.78. The number of rotatable bonds is 2. The number of fused-ring (bicyclic) bond motifs is 2. The summed E-state index contributed by atoms with van der Waals surface area (Å²) >= 11 is 0. The largest absolute Gasteiger partial charge is 0.435 e. The molecule has 2 aliphatic carbocycles. The van der Waals surface area contributed by atoms with Crippen LogP contribution in [0.3, 0.4) is 0 Å². The fourth-order valence-electron chi connectivity index (χ4n) is 3.39. The second kappa shape index (κ2) is 4.13. The molecule has 1 heterocycles. The number of hydrogen-bond acceptors (Lipinski definition) is 3. The molecule has 3 nitrogen and oxygen atoms in total. The summed E-state index contributed by atoms with van der Waals surface area (Å²) in [5.74, 6) is 0.912. The first-order chi connectivity index (χ1) is 8.18. The summed E-state index contributed by atoms with van der Waals surface area (Å²) in [4.78, 5) is 12.3. The summed E-state index contributed by atoms with van der Waals surface area (Å²) in [6, 6.07) is 0. The van der Waals surface area contributed by atoms with Crippen molar-refractivity contribution in [2.45, 2.75) is 45.3 Å². The SMILES string of the molecule is CC1(C(=O)OC2CCCCO2)CC2C=CC1C2. The average molecular weight is 236 g/mol. The van der Waals surface area contributed by atoms with Crippen molar-refractivity contribution in [3.8, 4) is 0 Å². The summed E-state index contributed by atoms with van der Waals surface area (Å²) in [6.45, 7) is 2.77. The molecule has 94 valence electrons. The molecule has 4 unspecified atom stereocenters. The van der Waals surface area contributed by atoms with Crippen LogP contribution in [0.4, 0.5) is 0 Å². The van der Waals surface area contributed by atoms with Crippen LogP contribution in [0.25, 0.3) is 0 Å². The van der Waals surface area contributed by atoms with Crippen molar-refractivity contribution in [3.63, 3.8) is 0 Å². The van der Waals surface area contributed by atoms with Gasteiger partial charge in [0.25, 0.3) is 0 Å². The third kappa shape index (κ3) is 1.90. The van der Waals surface area contributed by atoms with Crippen LogP contribution in [0.5, 0.6) is 0 Å². The van der Waals surface area contributed by atoms with E-state index in [0.29, 0.717) is 11.8 Å². The molecule has 1 aliphatic heterocycles. The van der Waals surface area contributed by atoms with Crippen LogP contribution in [-0.4, -0.2) is 18.9 Å². The van der Waals surface area contributed by atoms with Crippen LogP contribution in [0.2, 0.25) is 0 Å². The highest BCUT2D eigenvalue weighted by molar-refractivity contribution is 5.78. The molecule has 2 bridgehead atoms. The Morgan fingerprint density at radius 2 is 2.29 bits per heavy atom. The van der Waals surface area contributed by atoms with Crippen LogP contribution in [-0.2, 0) is 14.3 Å². The number of carbonyl (C=O) groups excluding carboxylic acids is 1. The molecular weight excluding hydrogens is 216 g/mol. The predicted octanol–water partition coefficient (Wildman–Crippen LogP) is 2.66. The first kappa shape index (κ1) is 11.3. The van der Waals surface area contributed by atoms with Gasteiger partial charge in [-0.2, -0.15) is 0 Å². The molecule has 0 aromatic rings. The van der Waals surface area contributed by atoms with Gasteiger partial charge in [0.15, 0.2) is 0 Å². The van der Waals surface area contributed by atoms with E-state index in [1.165, 1.54) is 0 Å². The summed E-state index contributed by atoms with van der Waals surface area (Å²) < 4.78 is 11.0. The molecule has 1 saturated heterocycles. The van der Waals surface area contributed by atoms with Gasteiger partial charge in [-0.25, -0.2) is 0 Å². The molecule has 0 amide bonds. The van der Waals surface area contributed by atoms with E-state index >= 15 is 0 Å². The van der Waals surface area contributed by atoms with Crippen LogP contribution >= 0.6 is 0 Å². The van der Waals surface area contributed by atoms with Gasteiger partial charge < -0.3 is 9.47 Å². The Bertz CT molecular complexity index is 343. The molecule has 0 N–H and O–H groups in total. The normalized spacial score (nSPS) is 43.9. The van der Waals surface area contributed by atoms with E-state index in [2.05, 4.69) is 12.2 Å². The Morgan fingerprint density at radius 1 is 1.41 bits per heavy atom. The van der Waals surface area contributed by atoms with E-state index in [0.717, 1.165) is 38.7 Å². The van der Waals surface area contributed by atoms with Gasteiger partial charge in [-0.3, -0.25) is 4.79 Å². The van der Waals surface area contributed by atoms with E-state index in [1.807, 2.05) is 6.92 Å². The standard InChI is InChI=1S/C14H20O3/c1-14(9-10-5-6-11(14)8-10)13(15)17-12-4-2-3-7-16-12/h5-6,10-12H,2-4,7-9H2,1H3. The molecule has 2 fully saturated rings. The molecule has 0 radical (unpaired) electrons. The Kier molecular flexibility index (Phi) is 2.74. The van der Waals surface area contributed by atoms with Gasteiger partial charge in [-0.1, -0.05) is 12.2 Å². The fraction of sp³-hybridized carbons (Fsp3) is 0.786. The van der Waals surface area contributed by atoms with E-state index < -0.39 is 0 Å². The number of allylic oxidation sites excluding steroid dienone is 2. The van der Waals surface area contributed by atoms with E-state index in [9.17, 15) is 4.79 Å². The Hall–Kier alpha value is -0.830. The van der Waals surface area contributed by atoms with Crippen molar-refractivity contribution in [1.29, 1.82) is 0 Å². The van der Waals surface area contributed by atoms with Gasteiger partial charge >= 0.3 is 5.97 Å². The van der Waals surface area contributed by atoms with Crippen molar-refractivity contribution >= 4 is 5.97 Å². The quantitative estimate of drug-likeness (QED) is 0.546. The minimum absolute atomic E-state index is 0.0544. The van der Waals surface area contributed by atoms with Crippen molar-refractivity contribution < 1.29 is 14.3 Å². The number of hydrogen-bond donors (Lipinski definition) is 0. The second-order valence-corrected chi connectivity index (χ2v) is 5.81. The number of esters is 1. The minimum atomic E-state index is -0.305. The maximum absolute atomic E-state index is 12.3. The first-order valence-corrected chi connectivity index (χ1v) is 6.69. The van der Waals surface area contributed by atoms with Gasteiger partial charge in [0.1, 0.15) is 0 Å². The van der Waals surface area contributed by atoms with E-state index in [-0.39, 0.29) is 17.7 Å². The lowest BCUT2D eigenvalue weighted by Gasteiger charge is -2.32. The van der Waals surface area contributed by atoms with E-state index in [1.54, 1.807) is 0 Å². The van der Waals surface area contributed by atoms with Crippen molar-refractivity contribution in [3.05, 3.63) is 12.2 Å². The zero-order chi connectivity index (χ0) is 11.9.